The molecule has 0 radical (unpaired) electrons. The lowest BCUT2D eigenvalue weighted by Gasteiger charge is -2.37. The molecular formula is C11H19NO2S. The summed E-state index contributed by atoms with van der Waals surface area (Å²) in [6.45, 7) is 8.95. The third kappa shape index (κ3) is 4.26. The Bertz CT molecular complexity index is 274. The van der Waals surface area contributed by atoms with Gasteiger partial charge in [0.2, 0.25) is 0 Å². The van der Waals surface area contributed by atoms with E-state index in [2.05, 4.69) is 18.7 Å². The number of carboxylic acid groups (broad SMARTS) is 1. The highest BCUT2D eigenvalue weighted by molar-refractivity contribution is 8.00. The number of thioether (sulfide) groups is 1. The molecule has 1 aliphatic rings. The normalized spacial score (nSPS) is 22.7. The van der Waals surface area contributed by atoms with Gasteiger partial charge in [-0.1, -0.05) is 6.08 Å². The summed E-state index contributed by atoms with van der Waals surface area (Å²) in [6.07, 6.45) is 1.80. The van der Waals surface area contributed by atoms with Gasteiger partial charge in [0, 0.05) is 35.7 Å². The topological polar surface area (TPSA) is 40.5 Å². The van der Waals surface area contributed by atoms with Crippen LogP contribution in [0.25, 0.3) is 0 Å². The minimum Gasteiger partial charge on any atom is -0.478 e. The Kier molecular flexibility index (Phi) is 4.22. The van der Waals surface area contributed by atoms with E-state index in [1.807, 2.05) is 11.8 Å². The van der Waals surface area contributed by atoms with Crippen molar-refractivity contribution in [1.82, 2.24) is 4.90 Å². The van der Waals surface area contributed by atoms with E-state index in [9.17, 15) is 4.79 Å². The molecule has 86 valence electrons. The summed E-state index contributed by atoms with van der Waals surface area (Å²) in [5.41, 5.74) is 0.436. The summed E-state index contributed by atoms with van der Waals surface area (Å²) in [6, 6.07) is 0. The molecule has 3 nitrogen and oxygen atoms in total. The highest BCUT2D eigenvalue weighted by atomic mass is 32.2. The fraction of sp³-hybridized carbons (Fsp3) is 0.727. The summed E-state index contributed by atoms with van der Waals surface area (Å²) in [7, 11) is 0. The largest absolute Gasteiger partial charge is 0.478 e. The number of carboxylic acids is 1. The Morgan fingerprint density at radius 3 is 2.80 bits per heavy atom. The van der Waals surface area contributed by atoms with E-state index in [-0.39, 0.29) is 0 Å². The van der Waals surface area contributed by atoms with E-state index in [1.165, 1.54) is 0 Å². The van der Waals surface area contributed by atoms with Crippen LogP contribution in [0, 0.1) is 0 Å². The van der Waals surface area contributed by atoms with Crippen LogP contribution in [-0.4, -0.2) is 46.1 Å². The monoisotopic (exact) mass is 229 g/mol. The summed E-state index contributed by atoms with van der Waals surface area (Å²) in [5.74, 6) is 0.313. The van der Waals surface area contributed by atoms with Crippen LogP contribution >= 0.6 is 11.8 Å². The Morgan fingerprint density at radius 1 is 1.60 bits per heavy atom. The summed E-state index contributed by atoms with van der Waals surface area (Å²) in [5, 5.41) is 8.72. The second-order valence-corrected chi connectivity index (χ2v) is 6.34. The Labute approximate surface area is 95.5 Å². The summed E-state index contributed by atoms with van der Waals surface area (Å²) < 4.78 is 0.295. The van der Waals surface area contributed by atoms with Gasteiger partial charge in [0.15, 0.2) is 0 Å². The van der Waals surface area contributed by atoms with E-state index in [0.717, 1.165) is 25.4 Å². The minimum atomic E-state index is -0.819. The van der Waals surface area contributed by atoms with Gasteiger partial charge in [-0.15, -0.1) is 0 Å². The zero-order valence-electron chi connectivity index (χ0n) is 9.62. The molecule has 15 heavy (non-hydrogen) atoms. The Balaban J connectivity index is 2.46. The van der Waals surface area contributed by atoms with E-state index in [0.29, 0.717) is 10.3 Å². The van der Waals surface area contributed by atoms with Crippen molar-refractivity contribution in [3.8, 4) is 0 Å². The molecule has 0 saturated carbocycles. The van der Waals surface area contributed by atoms with Crippen LogP contribution in [0.3, 0.4) is 0 Å². The lowest BCUT2D eigenvalue weighted by Crippen LogP contribution is -2.43. The molecule has 0 amide bonds. The van der Waals surface area contributed by atoms with Crippen molar-refractivity contribution in [3.05, 3.63) is 11.6 Å². The zero-order valence-corrected chi connectivity index (χ0v) is 10.4. The van der Waals surface area contributed by atoms with Crippen LogP contribution in [0.15, 0.2) is 11.6 Å². The zero-order chi connectivity index (χ0) is 11.5. The molecule has 0 atom stereocenters. The Hall–Kier alpha value is -0.480. The third-order valence-corrected chi connectivity index (χ3v) is 3.79. The third-order valence-electron chi connectivity index (χ3n) is 2.50. The standard InChI is InChI=1S/C11H19NO2S/c1-9(10(13)14)4-5-12-6-7-15-11(2,3)8-12/h4H,5-8H2,1-3H3,(H,13,14). The van der Waals surface area contributed by atoms with Crippen molar-refractivity contribution in [3.63, 3.8) is 0 Å². The molecule has 1 N–H and O–H groups in total. The second kappa shape index (κ2) is 5.03. The number of hydrogen-bond donors (Lipinski definition) is 1. The first-order chi connectivity index (χ1) is 6.91. The molecule has 0 unspecified atom stereocenters. The van der Waals surface area contributed by atoms with Gasteiger partial charge in [0.1, 0.15) is 0 Å². The van der Waals surface area contributed by atoms with E-state index < -0.39 is 5.97 Å². The Morgan fingerprint density at radius 2 is 2.27 bits per heavy atom. The summed E-state index contributed by atoms with van der Waals surface area (Å²) in [4.78, 5) is 12.9. The number of nitrogens with zero attached hydrogens (tertiary/aromatic N) is 1. The van der Waals surface area contributed by atoms with Gasteiger partial charge < -0.3 is 5.11 Å². The number of carbonyl (C=O) groups is 1. The maximum atomic E-state index is 10.6. The van der Waals surface area contributed by atoms with Crippen molar-refractivity contribution in [2.24, 2.45) is 0 Å². The lowest BCUT2D eigenvalue weighted by atomic mass is 10.2. The first-order valence-electron chi connectivity index (χ1n) is 5.17. The second-order valence-electron chi connectivity index (χ2n) is 4.54. The quantitative estimate of drug-likeness (QED) is 0.750. The molecule has 4 heteroatoms. The first kappa shape index (κ1) is 12.6. The SMILES string of the molecule is CC(=CCN1CCSC(C)(C)C1)C(=O)O. The van der Waals surface area contributed by atoms with Gasteiger partial charge in [-0.25, -0.2) is 4.79 Å². The van der Waals surface area contributed by atoms with Gasteiger partial charge in [-0.05, 0) is 20.8 Å². The van der Waals surface area contributed by atoms with Crippen LogP contribution in [0.4, 0.5) is 0 Å². The predicted molar refractivity (Wildman–Crippen MR) is 64.4 cm³/mol. The molecule has 0 spiro atoms. The molecule has 1 rings (SSSR count). The molecular weight excluding hydrogens is 210 g/mol. The molecule has 1 aliphatic heterocycles. The van der Waals surface area contributed by atoms with Gasteiger partial charge in [0.25, 0.3) is 0 Å². The fourth-order valence-electron chi connectivity index (χ4n) is 1.62. The van der Waals surface area contributed by atoms with Crippen molar-refractivity contribution in [1.29, 1.82) is 0 Å². The predicted octanol–water partition coefficient (Wildman–Crippen LogP) is 1.84. The first-order valence-corrected chi connectivity index (χ1v) is 6.16. The highest BCUT2D eigenvalue weighted by Crippen LogP contribution is 2.29. The molecule has 0 aromatic rings. The van der Waals surface area contributed by atoms with Crippen LogP contribution in [0.1, 0.15) is 20.8 Å². The number of hydrogen-bond acceptors (Lipinski definition) is 3. The fourth-order valence-corrected chi connectivity index (χ4v) is 2.80. The van der Waals surface area contributed by atoms with Gasteiger partial charge in [-0.2, -0.15) is 11.8 Å². The van der Waals surface area contributed by atoms with Gasteiger partial charge >= 0.3 is 5.97 Å². The van der Waals surface area contributed by atoms with Crippen LogP contribution in [0.2, 0.25) is 0 Å². The smallest absolute Gasteiger partial charge is 0.330 e. The van der Waals surface area contributed by atoms with E-state index >= 15 is 0 Å². The molecule has 0 aliphatic carbocycles. The maximum Gasteiger partial charge on any atom is 0.330 e. The van der Waals surface area contributed by atoms with Crippen LogP contribution in [-0.2, 0) is 4.79 Å². The summed E-state index contributed by atoms with van der Waals surface area (Å²) >= 11 is 1.99. The van der Waals surface area contributed by atoms with Crippen molar-refractivity contribution in [2.75, 3.05) is 25.4 Å². The molecule has 0 aromatic carbocycles. The molecule has 0 bridgehead atoms. The van der Waals surface area contributed by atoms with Crippen molar-refractivity contribution >= 4 is 17.7 Å². The average Bonchev–Trinajstić information content (AvgIpc) is 2.12. The molecule has 0 aromatic heterocycles. The van der Waals surface area contributed by atoms with E-state index in [1.54, 1.807) is 13.0 Å². The number of aliphatic carboxylic acids is 1. The van der Waals surface area contributed by atoms with Gasteiger partial charge in [0.05, 0.1) is 0 Å². The minimum absolute atomic E-state index is 0.295. The van der Waals surface area contributed by atoms with Gasteiger partial charge in [-0.3, -0.25) is 4.90 Å². The average molecular weight is 229 g/mol. The van der Waals surface area contributed by atoms with Crippen molar-refractivity contribution < 1.29 is 9.90 Å². The molecule has 1 fully saturated rings. The number of rotatable bonds is 3. The van der Waals surface area contributed by atoms with E-state index in [4.69, 9.17) is 5.11 Å². The highest BCUT2D eigenvalue weighted by Gasteiger charge is 2.26. The van der Waals surface area contributed by atoms with Crippen LogP contribution < -0.4 is 0 Å². The maximum absolute atomic E-state index is 10.6. The lowest BCUT2D eigenvalue weighted by molar-refractivity contribution is -0.132. The van der Waals surface area contributed by atoms with Crippen molar-refractivity contribution in [2.45, 2.75) is 25.5 Å². The molecule has 1 heterocycles. The molecule has 1 saturated heterocycles. The van der Waals surface area contributed by atoms with Crippen LogP contribution in [0.5, 0.6) is 0 Å².